The molecule has 2 aromatic carbocycles. The van der Waals surface area contributed by atoms with Gasteiger partial charge in [-0.15, -0.1) is 0 Å². The van der Waals surface area contributed by atoms with Crippen molar-refractivity contribution in [2.45, 2.75) is 24.3 Å². The molecule has 7 heteroatoms. The van der Waals surface area contributed by atoms with Crippen LogP contribution in [0.2, 0.25) is 0 Å². The molecule has 0 saturated heterocycles. The maximum atomic E-state index is 12.5. The lowest BCUT2D eigenvalue weighted by Crippen LogP contribution is -2.43. The summed E-state index contributed by atoms with van der Waals surface area (Å²) < 4.78 is 33.5. The Morgan fingerprint density at radius 3 is 2.33 bits per heavy atom. The van der Waals surface area contributed by atoms with Crippen LogP contribution in [0.3, 0.4) is 0 Å². The normalized spacial score (nSPS) is 12.6. The molecule has 0 fully saturated rings. The quantitative estimate of drug-likeness (QED) is 0.511. The minimum atomic E-state index is -3.81. The van der Waals surface area contributed by atoms with Gasteiger partial charge in [-0.05, 0) is 65.8 Å². The molecule has 0 aliphatic carbocycles. The average Bonchev–Trinajstić information content (AvgIpc) is 2.55. The van der Waals surface area contributed by atoms with Crippen molar-refractivity contribution in [2.24, 2.45) is 0 Å². The number of hydrogen-bond donors (Lipinski definition) is 1. The Bertz CT molecular complexity index is 776. The average molecular weight is 459 g/mol. The largest absolute Gasteiger partial charge is 0.465 e. The third-order valence-corrected chi connectivity index (χ3v) is 5.48. The number of rotatable bonds is 7. The number of esters is 1. The first-order valence-corrected chi connectivity index (χ1v) is 9.97. The number of nitrogens with one attached hydrogen (secondary N) is 1. The van der Waals surface area contributed by atoms with Crippen LogP contribution in [0.15, 0.2) is 59.5 Å². The molecule has 2 rings (SSSR count). The molecule has 0 aliphatic rings. The maximum Gasteiger partial charge on any atom is 0.324 e. The van der Waals surface area contributed by atoms with Crippen LogP contribution in [0.1, 0.15) is 12.5 Å². The molecule has 128 valence electrons. The van der Waals surface area contributed by atoms with Gasteiger partial charge in [0.15, 0.2) is 0 Å². The Labute approximate surface area is 155 Å². The lowest BCUT2D eigenvalue weighted by molar-refractivity contribution is -0.145. The molecule has 1 atom stereocenters. The van der Waals surface area contributed by atoms with Gasteiger partial charge in [0.05, 0.1) is 11.5 Å². The molecule has 0 bridgehead atoms. The molecule has 0 radical (unpaired) electrons. The summed E-state index contributed by atoms with van der Waals surface area (Å²) in [4.78, 5) is 12.3. The van der Waals surface area contributed by atoms with Gasteiger partial charge in [0.1, 0.15) is 6.04 Å². The molecule has 24 heavy (non-hydrogen) atoms. The van der Waals surface area contributed by atoms with Crippen molar-refractivity contribution in [2.75, 3.05) is 6.61 Å². The highest BCUT2D eigenvalue weighted by molar-refractivity contribution is 14.1. The zero-order chi connectivity index (χ0) is 17.6. The molecule has 2 aromatic rings. The third kappa shape index (κ3) is 5.29. The van der Waals surface area contributed by atoms with E-state index in [0.717, 1.165) is 9.13 Å². The molecule has 0 aromatic heterocycles. The summed E-state index contributed by atoms with van der Waals surface area (Å²) >= 11 is 2.10. The second-order valence-electron chi connectivity index (χ2n) is 5.07. The Kier molecular flexibility index (Phi) is 6.76. The summed E-state index contributed by atoms with van der Waals surface area (Å²) in [6.45, 7) is 1.88. The minimum absolute atomic E-state index is 0.116. The monoisotopic (exact) mass is 459 g/mol. The van der Waals surface area contributed by atoms with Crippen molar-refractivity contribution in [1.82, 2.24) is 4.72 Å². The smallest absolute Gasteiger partial charge is 0.324 e. The number of ether oxygens (including phenoxy) is 1. The van der Waals surface area contributed by atoms with Crippen molar-refractivity contribution < 1.29 is 17.9 Å². The fraction of sp³-hybridized carbons (Fsp3) is 0.235. The lowest BCUT2D eigenvalue weighted by atomic mass is 10.1. The van der Waals surface area contributed by atoms with Crippen molar-refractivity contribution >= 4 is 38.6 Å². The van der Waals surface area contributed by atoms with Crippen molar-refractivity contribution in [3.8, 4) is 0 Å². The van der Waals surface area contributed by atoms with E-state index >= 15 is 0 Å². The van der Waals surface area contributed by atoms with Gasteiger partial charge in [-0.25, -0.2) is 8.42 Å². The maximum absolute atomic E-state index is 12.5. The number of benzene rings is 2. The Morgan fingerprint density at radius 2 is 1.75 bits per heavy atom. The van der Waals surface area contributed by atoms with E-state index in [1.54, 1.807) is 19.1 Å². The van der Waals surface area contributed by atoms with Crippen molar-refractivity contribution in [3.63, 3.8) is 0 Å². The van der Waals surface area contributed by atoms with Gasteiger partial charge in [0.2, 0.25) is 10.0 Å². The van der Waals surface area contributed by atoms with Crippen LogP contribution in [0.25, 0.3) is 0 Å². The molecule has 0 heterocycles. The molecule has 1 N–H and O–H groups in total. The highest BCUT2D eigenvalue weighted by Crippen LogP contribution is 2.14. The number of hydrogen-bond acceptors (Lipinski definition) is 4. The van der Waals surface area contributed by atoms with Gasteiger partial charge in [-0.1, -0.05) is 30.3 Å². The van der Waals surface area contributed by atoms with Crippen LogP contribution in [0.4, 0.5) is 0 Å². The minimum Gasteiger partial charge on any atom is -0.465 e. The number of carbonyl (C=O) groups excluding carboxylic acids is 1. The fourth-order valence-corrected chi connectivity index (χ4v) is 3.68. The summed E-state index contributed by atoms with van der Waals surface area (Å²) in [5.74, 6) is -0.588. The number of halogens is 1. The fourth-order valence-electron chi connectivity index (χ4n) is 2.13. The molecular weight excluding hydrogens is 441 g/mol. The zero-order valence-electron chi connectivity index (χ0n) is 13.1. The Morgan fingerprint density at radius 1 is 1.12 bits per heavy atom. The standard InChI is InChI=1S/C17H18INO4S/c1-2-23-17(20)16(12-13-6-4-3-5-7-13)19-24(21,22)15-10-8-14(18)9-11-15/h3-11,16,19H,2,12H2,1H3. The lowest BCUT2D eigenvalue weighted by Gasteiger charge is -2.17. The summed E-state index contributed by atoms with van der Waals surface area (Å²) in [5, 5.41) is 0. The molecule has 0 aliphatic heterocycles. The van der Waals surface area contributed by atoms with Gasteiger partial charge in [-0.3, -0.25) is 4.79 Å². The Balaban J connectivity index is 2.23. The molecule has 0 saturated carbocycles. The molecule has 5 nitrogen and oxygen atoms in total. The van der Waals surface area contributed by atoms with E-state index in [1.165, 1.54) is 12.1 Å². The van der Waals surface area contributed by atoms with Gasteiger partial charge < -0.3 is 4.74 Å². The Hall–Kier alpha value is -1.45. The zero-order valence-corrected chi connectivity index (χ0v) is 16.1. The molecule has 0 amide bonds. The summed E-state index contributed by atoms with van der Waals surface area (Å²) in [7, 11) is -3.81. The molecular formula is C17H18INO4S. The summed E-state index contributed by atoms with van der Waals surface area (Å²) in [6, 6.07) is 14.7. The van der Waals surface area contributed by atoms with E-state index in [-0.39, 0.29) is 17.9 Å². The first-order chi connectivity index (χ1) is 11.4. The summed E-state index contributed by atoms with van der Waals surface area (Å²) in [5.41, 5.74) is 0.848. The second kappa shape index (κ2) is 8.59. The van der Waals surface area contributed by atoms with Crippen molar-refractivity contribution in [1.29, 1.82) is 0 Å². The SMILES string of the molecule is CCOC(=O)C(Cc1ccccc1)NS(=O)(=O)c1ccc(I)cc1. The first kappa shape index (κ1) is 18.9. The topological polar surface area (TPSA) is 72.5 Å². The highest BCUT2D eigenvalue weighted by Gasteiger charge is 2.27. The van der Waals surface area contributed by atoms with Crippen LogP contribution in [-0.4, -0.2) is 27.0 Å². The van der Waals surface area contributed by atoms with Gasteiger partial charge in [0.25, 0.3) is 0 Å². The predicted molar refractivity (Wildman–Crippen MR) is 100 cm³/mol. The first-order valence-electron chi connectivity index (χ1n) is 7.41. The van der Waals surface area contributed by atoms with E-state index in [4.69, 9.17) is 4.74 Å². The van der Waals surface area contributed by atoms with E-state index in [9.17, 15) is 13.2 Å². The predicted octanol–water partition coefficient (Wildman–Crippen LogP) is 2.74. The van der Waals surface area contributed by atoms with Crippen molar-refractivity contribution in [3.05, 3.63) is 63.7 Å². The van der Waals surface area contributed by atoms with E-state index < -0.39 is 22.0 Å². The van der Waals surface area contributed by atoms with Crippen LogP contribution in [0, 0.1) is 3.57 Å². The van der Waals surface area contributed by atoms with Crippen LogP contribution < -0.4 is 4.72 Å². The van der Waals surface area contributed by atoms with E-state index in [1.807, 2.05) is 30.3 Å². The molecule has 1 unspecified atom stereocenters. The van der Waals surface area contributed by atoms with Gasteiger partial charge >= 0.3 is 5.97 Å². The van der Waals surface area contributed by atoms with Crippen LogP contribution in [0.5, 0.6) is 0 Å². The highest BCUT2D eigenvalue weighted by atomic mass is 127. The number of sulfonamides is 1. The van der Waals surface area contributed by atoms with E-state index in [0.29, 0.717) is 0 Å². The van der Waals surface area contributed by atoms with Gasteiger partial charge in [-0.2, -0.15) is 4.72 Å². The second-order valence-corrected chi connectivity index (χ2v) is 8.03. The van der Waals surface area contributed by atoms with Gasteiger partial charge in [0, 0.05) is 3.57 Å². The van der Waals surface area contributed by atoms with E-state index in [2.05, 4.69) is 27.3 Å². The summed E-state index contributed by atoms with van der Waals surface area (Å²) in [6.07, 6.45) is 0.225. The van der Waals surface area contributed by atoms with Crippen LogP contribution >= 0.6 is 22.6 Å². The molecule has 0 spiro atoms. The third-order valence-electron chi connectivity index (χ3n) is 3.28. The van der Waals surface area contributed by atoms with Crippen LogP contribution in [-0.2, 0) is 26.0 Å². The number of carbonyl (C=O) groups is 1.